The molecule has 1 atom stereocenters. The normalized spacial score (nSPS) is 21.8. The van der Waals surface area contributed by atoms with Crippen LogP contribution >= 0.6 is 0 Å². The van der Waals surface area contributed by atoms with Crippen molar-refractivity contribution in [3.63, 3.8) is 0 Å². The van der Waals surface area contributed by atoms with Crippen LogP contribution in [-0.4, -0.2) is 17.6 Å². The molecule has 3 rings (SSSR count). The summed E-state index contributed by atoms with van der Waals surface area (Å²) in [7, 11) is 3.60. The highest BCUT2D eigenvalue weighted by atomic mass is 16.5. The maximum absolute atomic E-state index is 11.8. The van der Waals surface area contributed by atoms with Crippen molar-refractivity contribution in [3.05, 3.63) is 35.5 Å². The number of carbonyl (C=O) groups excluding carboxylic acids is 1. The predicted molar refractivity (Wildman–Crippen MR) is 79.8 cm³/mol. The zero-order valence-electron chi connectivity index (χ0n) is 12.4. The minimum atomic E-state index is -0.117. The monoisotopic (exact) mass is 271 g/mol. The van der Waals surface area contributed by atoms with E-state index in [0.717, 1.165) is 19.3 Å². The molecule has 0 bridgehead atoms. The van der Waals surface area contributed by atoms with Gasteiger partial charge in [-0.05, 0) is 30.9 Å². The molecule has 1 aliphatic rings. The molecule has 0 saturated carbocycles. The van der Waals surface area contributed by atoms with Gasteiger partial charge in [0.1, 0.15) is 0 Å². The first-order valence-electron chi connectivity index (χ1n) is 7.20. The van der Waals surface area contributed by atoms with E-state index in [1.54, 1.807) is 0 Å². The number of fused-ring (bicyclic) bond motifs is 3. The minimum Gasteiger partial charge on any atom is -0.469 e. The average molecular weight is 271 g/mol. The lowest BCUT2D eigenvalue weighted by molar-refractivity contribution is -0.142. The fraction of sp³-hybridized carbons (Fsp3) is 0.471. The Kier molecular flexibility index (Phi) is 3.08. The highest BCUT2D eigenvalue weighted by Gasteiger charge is 2.38. The van der Waals surface area contributed by atoms with Crippen LogP contribution in [-0.2, 0) is 28.4 Å². The van der Waals surface area contributed by atoms with Crippen molar-refractivity contribution in [3.8, 4) is 0 Å². The molecule has 106 valence electrons. The van der Waals surface area contributed by atoms with E-state index in [4.69, 9.17) is 4.74 Å². The summed E-state index contributed by atoms with van der Waals surface area (Å²) in [6.45, 7) is 2.20. The Balaban J connectivity index is 2.21. The Morgan fingerprint density at radius 3 is 2.90 bits per heavy atom. The van der Waals surface area contributed by atoms with Crippen molar-refractivity contribution in [1.82, 2.24) is 4.57 Å². The summed E-state index contributed by atoms with van der Waals surface area (Å²) in [5.41, 5.74) is 3.88. The Morgan fingerprint density at radius 2 is 2.15 bits per heavy atom. The molecule has 0 spiro atoms. The van der Waals surface area contributed by atoms with Crippen molar-refractivity contribution in [2.24, 2.45) is 7.05 Å². The second kappa shape index (κ2) is 4.65. The molecule has 1 unspecified atom stereocenters. The Labute approximate surface area is 119 Å². The van der Waals surface area contributed by atoms with Gasteiger partial charge in [-0.1, -0.05) is 25.1 Å². The topological polar surface area (TPSA) is 31.2 Å². The molecule has 1 heterocycles. The number of hydrogen-bond donors (Lipinski definition) is 0. The third kappa shape index (κ3) is 1.84. The van der Waals surface area contributed by atoms with Gasteiger partial charge in [-0.2, -0.15) is 0 Å². The minimum absolute atomic E-state index is 0.110. The molecule has 1 aromatic carbocycles. The quantitative estimate of drug-likeness (QED) is 0.784. The van der Waals surface area contributed by atoms with Crippen LogP contribution < -0.4 is 0 Å². The van der Waals surface area contributed by atoms with Crippen LogP contribution in [0.25, 0.3) is 10.9 Å². The number of carbonyl (C=O) groups is 1. The summed E-state index contributed by atoms with van der Waals surface area (Å²) < 4.78 is 7.20. The fourth-order valence-electron chi connectivity index (χ4n) is 3.75. The summed E-state index contributed by atoms with van der Waals surface area (Å²) in [4.78, 5) is 11.8. The zero-order valence-corrected chi connectivity index (χ0v) is 12.4. The summed E-state index contributed by atoms with van der Waals surface area (Å²) in [6.07, 6.45) is 3.73. The predicted octanol–water partition coefficient (Wildman–Crippen LogP) is 3.34. The first-order valence-corrected chi connectivity index (χ1v) is 7.20. The lowest BCUT2D eigenvalue weighted by Gasteiger charge is -2.34. The van der Waals surface area contributed by atoms with Crippen molar-refractivity contribution < 1.29 is 9.53 Å². The van der Waals surface area contributed by atoms with E-state index in [1.807, 2.05) is 0 Å². The Hall–Kier alpha value is -1.77. The molecule has 0 aliphatic heterocycles. The smallest absolute Gasteiger partial charge is 0.306 e. The summed E-state index contributed by atoms with van der Waals surface area (Å²) in [5, 5.41) is 1.29. The van der Waals surface area contributed by atoms with E-state index in [1.165, 1.54) is 29.3 Å². The molecular weight excluding hydrogens is 250 g/mol. The summed E-state index contributed by atoms with van der Waals surface area (Å²) >= 11 is 0. The standard InChI is InChI=1S/C17H21NO2/c1-17(11-15(19)20-3)10-6-9-14-16(17)12-7-4-5-8-13(12)18(14)2/h4-5,7-8H,6,9-11H2,1-3H3. The van der Waals surface area contributed by atoms with Gasteiger partial charge < -0.3 is 9.30 Å². The van der Waals surface area contributed by atoms with Crippen LogP contribution in [0.1, 0.15) is 37.4 Å². The van der Waals surface area contributed by atoms with Crippen molar-refractivity contribution in [2.75, 3.05) is 7.11 Å². The maximum Gasteiger partial charge on any atom is 0.306 e. The van der Waals surface area contributed by atoms with Crippen molar-refractivity contribution in [1.29, 1.82) is 0 Å². The molecule has 1 aromatic heterocycles. The number of ether oxygens (including phenoxy) is 1. The van der Waals surface area contributed by atoms with E-state index < -0.39 is 0 Å². The number of esters is 1. The number of aromatic nitrogens is 1. The fourth-order valence-corrected chi connectivity index (χ4v) is 3.75. The third-order valence-corrected chi connectivity index (χ3v) is 4.74. The van der Waals surface area contributed by atoms with Gasteiger partial charge in [-0.3, -0.25) is 4.79 Å². The molecule has 0 amide bonds. The lowest BCUT2D eigenvalue weighted by atomic mass is 9.70. The van der Waals surface area contributed by atoms with Crippen LogP contribution in [0.15, 0.2) is 24.3 Å². The second-order valence-corrected chi connectivity index (χ2v) is 6.06. The van der Waals surface area contributed by atoms with Gasteiger partial charge >= 0.3 is 5.97 Å². The van der Waals surface area contributed by atoms with Gasteiger partial charge in [0.05, 0.1) is 13.5 Å². The van der Waals surface area contributed by atoms with E-state index in [-0.39, 0.29) is 11.4 Å². The molecule has 20 heavy (non-hydrogen) atoms. The molecule has 0 radical (unpaired) electrons. The summed E-state index contributed by atoms with van der Waals surface area (Å²) in [5.74, 6) is -0.117. The Bertz CT molecular complexity index is 671. The van der Waals surface area contributed by atoms with Crippen molar-refractivity contribution >= 4 is 16.9 Å². The van der Waals surface area contributed by atoms with Gasteiger partial charge in [-0.15, -0.1) is 0 Å². The van der Waals surface area contributed by atoms with Gasteiger partial charge in [0, 0.05) is 29.1 Å². The molecule has 3 nitrogen and oxygen atoms in total. The van der Waals surface area contributed by atoms with Crippen LogP contribution in [0.5, 0.6) is 0 Å². The van der Waals surface area contributed by atoms with E-state index >= 15 is 0 Å². The molecule has 3 heteroatoms. The van der Waals surface area contributed by atoms with Gasteiger partial charge in [0.25, 0.3) is 0 Å². The number of benzene rings is 1. The number of aryl methyl sites for hydroxylation is 1. The highest BCUT2D eigenvalue weighted by Crippen LogP contribution is 2.44. The molecular formula is C17H21NO2. The second-order valence-electron chi connectivity index (χ2n) is 6.06. The maximum atomic E-state index is 11.8. The molecule has 0 saturated heterocycles. The first kappa shape index (κ1) is 13.2. The summed E-state index contributed by atoms with van der Waals surface area (Å²) in [6, 6.07) is 8.49. The van der Waals surface area contributed by atoms with Gasteiger partial charge in [0.15, 0.2) is 0 Å². The van der Waals surface area contributed by atoms with Gasteiger partial charge in [0.2, 0.25) is 0 Å². The Morgan fingerprint density at radius 1 is 1.40 bits per heavy atom. The van der Waals surface area contributed by atoms with Gasteiger partial charge in [-0.25, -0.2) is 0 Å². The van der Waals surface area contributed by atoms with Crippen LogP contribution in [0.2, 0.25) is 0 Å². The van der Waals surface area contributed by atoms with E-state index in [9.17, 15) is 4.79 Å². The molecule has 0 N–H and O–H groups in total. The molecule has 1 aliphatic carbocycles. The van der Waals surface area contributed by atoms with E-state index in [2.05, 4.69) is 42.8 Å². The molecule has 2 aromatic rings. The number of para-hydroxylation sites is 1. The third-order valence-electron chi connectivity index (χ3n) is 4.74. The van der Waals surface area contributed by atoms with Crippen LogP contribution in [0, 0.1) is 0 Å². The molecule has 0 fully saturated rings. The number of nitrogens with zero attached hydrogens (tertiary/aromatic N) is 1. The van der Waals surface area contributed by atoms with Crippen LogP contribution in [0.3, 0.4) is 0 Å². The van der Waals surface area contributed by atoms with Crippen LogP contribution in [0.4, 0.5) is 0 Å². The average Bonchev–Trinajstić information content (AvgIpc) is 2.74. The SMILES string of the molecule is COC(=O)CC1(C)CCCc2c1c1ccccc1n2C. The highest BCUT2D eigenvalue weighted by molar-refractivity contribution is 5.88. The zero-order chi connectivity index (χ0) is 14.3. The number of methoxy groups -OCH3 is 1. The largest absolute Gasteiger partial charge is 0.469 e. The van der Waals surface area contributed by atoms with E-state index in [0.29, 0.717) is 6.42 Å². The first-order chi connectivity index (χ1) is 9.57. The van der Waals surface area contributed by atoms with Crippen molar-refractivity contribution in [2.45, 2.75) is 38.0 Å². The number of hydrogen-bond acceptors (Lipinski definition) is 2. The lowest BCUT2D eigenvalue weighted by Crippen LogP contribution is -2.31. The number of rotatable bonds is 2.